The molecule has 0 radical (unpaired) electrons. The summed E-state index contributed by atoms with van der Waals surface area (Å²) < 4.78 is 4.95. The van der Waals surface area contributed by atoms with Crippen LogP contribution >= 0.6 is 11.6 Å². The molecule has 0 fully saturated rings. The molecular formula is C19H14ClNO4. The maximum Gasteiger partial charge on any atom is 0.338 e. The first-order valence-corrected chi connectivity index (χ1v) is 7.89. The van der Waals surface area contributed by atoms with Gasteiger partial charge in [-0.25, -0.2) is 4.79 Å². The van der Waals surface area contributed by atoms with Gasteiger partial charge in [0, 0.05) is 5.03 Å². The zero-order chi connectivity index (χ0) is 18.0. The molecule has 0 atom stereocenters. The maximum atomic E-state index is 12.6. The summed E-state index contributed by atoms with van der Waals surface area (Å²) >= 11 is 5.56. The Kier molecular flexibility index (Phi) is 4.67. The van der Waals surface area contributed by atoms with Gasteiger partial charge in [-0.15, -0.1) is 0 Å². The number of carbonyl (C=O) groups is 3. The average Bonchev–Trinajstić information content (AvgIpc) is 2.85. The van der Waals surface area contributed by atoms with Crippen molar-refractivity contribution in [1.82, 2.24) is 4.90 Å². The van der Waals surface area contributed by atoms with Gasteiger partial charge < -0.3 is 4.74 Å². The van der Waals surface area contributed by atoms with Crippen LogP contribution in [0.15, 0.2) is 60.1 Å². The average molecular weight is 356 g/mol. The number of amides is 2. The van der Waals surface area contributed by atoms with E-state index in [0.717, 1.165) is 10.5 Å². The first-order valence-electron chi connectivity index (χ1n) is 7.52. The van der Waals surface area contributed by atoms with E-state index in [1.165, 1.54) is 18.2 Å². The number of imide groups is 1. The molecule has 0 N–H and O–H groups in total. The van der Waals surface area contributed by atoms with E-state index in [9.17, 15) is 14.4 Å². The number of nitrogens with zero attached hydrogens (tertiary/aromatic N) is 1. The molecule has 126 valence electrons. The molecule has 0 bridgehead atoms. The SMILES string of the molecule is C=C(Cl)COC(=O)c1ccc2c(c1)C(=O)N(Cc1ccccc1)C2=O. The fraction of sp³-hybridized carbons (Fsp3) is 0.105. The van der Waals surface area contributed by atoms with Crippen LogP contribution in [0.5, 0.6) is 0 Å². The van der Waals surface area contributed by atoms with Crippen molar-refractivity contribution in [2.45, 2.75) is 6.54 Å². The molecule has 1 heterocycles. The Balaban J connectivity index is 1.83. The zero-order valence-electron chi connectivity index (χ0n) is 13.2. The predicted molar refractivity (Wildman–Crippen MR) is 92.4 cm³/mol. The van der Waals surface area contributed by atoms with Crippen LogP contribution in [0.2, 0.25) is 0 Å². The van der Waals surface area contributed by atoms with Crippen molar-refractivity contribution in [3.05, 3.63) is 82.4 Å². The van der Waals surface area contributed by atoms with E-state index in [4.69, 9.17) is 16.3 Å². The highest BCUT2D eigenvalue weighted by Crippen LogP contribution is 2.26. The van der Waals surface area contributed by atoms with Gasteiger partial charge in [-0.1, -0.05) is 48.5 Å². The second kappa shape index (κ2) is 6.91. The fourth-order valence-corrected chi connectivity index (χ4v) is 2.61. The highest BCUT2D eigenvalue weighted by Gasteiger charge is 2.36. The summed E-state index contributed by atoms with van der Waals surface area (Å²) in [4.78, 5) is 38.2. The van der Waals surface area contributed by atoms with E-state index in [1.54, 1.807) is 0 Å². The van der Waals surface area contributed by atoms with Crippen molar-refractivity contribution >= 4 is 29.4 Å². The molecule has 2 aromatic rings. The third-order valence-electron chi connectivity index (χ3n) is 3.75. The monoisotopic (exact) mass is 355 g/mol. The minimum Gasteiger partial charge on any atom is -0.456 e. The second-order valence-corrected chi connectivity index (χ2v) is 6.07. The van der Waals surface area contributed by atoms with Crippen molar-refractivity contribution in [3.63, 3.8) is 0 Å². The minimum absolute atomic E-state index is 0.121. The summed E-state index contributed by atoms with van der Waals surface area (Å²) in [5.41, 5.74) is 1.50. The van der Waals surface area contributed by atoms with Crippen LogP contribution in [0.4, 0.5) is 0 Å². The summed E-state index contributed by atoms with van der Waals surface area (Å²) in [6, 6.07) is 13.5. The topological polar surface area (TPSA) is 63.7 Å². The quantitative estimate of drug-likeness (QED) is 0.609. The molecule has 5 nitrogen and oxygen atoms in total. The Morgan fingerprint density at radius 1 is 1.04 bits per heavy atom. The highest BCUT2D eigenvalue weighted by atomic mass is 35.5. The van der Waals surface area contributed by atoms with Gasteiger partial charge in [-0.05, 0) is 23.8 Å². The molecule has 0 unspecified atom stereocenters. The van der Waals surface area contributed by atoms with Crippen molar-refractivity contribution in [2.75, 3.05) is 6.61 Å². The Hall–Kier alpha value is -2.92. The first kappa shape index (κ1) is 16.9. The number of benzene rings is 2. The van der Waals surface area contributed by atoms with Crippen LogP contribution in [0, 0.1) is 0 Å². The van der Waals surface area contributed by atoms with Crippen LogP contribution < -0.4 is 0 Å². The Bertz CT molecular complexity index is 876. The predicted octanol–water partition coefficient (Wildman–Crippen LogP) is 3.39. The van der Waals surface area contributed by atoms with E-state index in [0.29, 0.717) is 0 Å². The summed E-state index contributed by atoms with van der Waals surface area (Å²) in [6.45, 7) is 3.49. The lowest BCUT2D eigenvalue weighted by Gasteiger charge is -2.13. The van der Waals surface area contributed by atoms with Gasteiger partial charge in [0.25, 0.3) is 11.8 Å². The maximum absolute atomic E-state index is 12.6. The lowest BCUT2D eigenvalue weighted by Crippen LogP contribution is -2.29. The Labute approximate surface area is 149 Å². The third-order valence-corrected chi connectivity index (χ3v) is 3.86. The molecule has 6 heteroatoms. The van der Waals surface area contributed by atoms with Crippen molar-refractivity contribution in [3.8, 4) is 0 Å². The number of hydrogen-bond donors (Lipinski definition) is 0. The van der Waals surface area contributed by atoms with Gasteiger partial charge in [0.15, 0.2) is 0 Å². The number of halogens is 1. The van der Waals surface area contributed by atoms with Crippen molar-refractivity contribution in [2.24, 2.45) is 0 Å². The summed E-state index contributed by atoms with van der Waals surface area (Å²) in [6.07, 6.45) is 0. The van der Waals surface area contributed by atoms with Crippen LogP contribution in [0.3, 0.4) is 0 Å². The molecular weight excluding hydrogens is 342 g/mol. The number of fused-ring (bicyclic) bond motifs is 1. The van der Waals surface area contributed by atoms with Crippen LogP contribution in [0.1, 0.15) is 36.6 Å². The van der Waals surface area contributed by atoms with E-state index >= 15 is 0 Å². The standard InChI is InChI=1S/C19H14ClNO4/c1-12(20)11-25-19(24)14-7-8-15-16(9-14)18(23)21(17(15)22)10-13-5-3-2-4-6-13/h2-9H,1,10-11H2. The number of hydrogen-bond acceptors (Lipinski definition) is 4. The van der Waals surface area contributed by atoms with Crippen LogP contribution in [0.25, 0.3) is 0 Å². The summed E-state index contributed by atoms with van der Waals surface area (Å²) in [5.74, 6) is -1.44. The smallest absolute Gasteiger partial charge is 0.338 e. The molecule has 0 aliphatic carbocycles. The summed E-state index contributed by atoms with van der Waals surface area (Å²) in [5, 5.41) is 0.190. The van der Waals surface area contributed by atoms with Gasteiger partial charge in [0.2, 0.25) is 0 Å². The molecule has 0 saturated carbocycles. The van der Waals surface area contributed by atoms with E-state index in [-0.39, 0.29) is 40.8 Å². The number of ether oxygens (including phenoxy) is 1. The molecule has 0 aromatic heterocycles. The molecule has 2 amide bonds. The minimum atomic E-state index is -0.633. The van der Waals surface area contributed by atoms with E-state index in [1.807, 2.05) is 30.3 Å². The van der Waals surface area contributed by atoms with Crippen LogP contribution in [-0.4, -0.2) is 29.3 Å². The molecule has 0 spiro atoms. The molecule has 3 rings (SSSR count). The van der Waals surface area contributed by atoms with Gasteiger partial charge in [0.1, 0.15) is 6.61 Å². The first-order chi connectivity index (χ1) is 12.0. The van der Waals surface area contributed by atoms with Crippen LogP contribution in [-0.2, 0) is 11.3 Å². The lowest BCUT2D eigenvalue weighted by atomic mass is 10.1. The van der Waals surface area contributed by atoms with E-state index in [2.05, 4.69) is 6.58 Å². The summed E-state index contributed by atoms with van der Waals surface area (Å²) in [7, 11) is 0. The number of carbonyl (C=O) groups excluding carboxylic acids is 3. The lowest BCUT2D eigenvalue weighted by molar-refractivity contribution is 0.0545. The molecule has 2 aromatic carbocycles. The Morgan fingerprint density at radius 2 is 1.72 bits per heavy atom. The normalized spacial score (nSPS) is 12.9. The van der Waals surface area contributed by atoms with E-state index < -0.39 is 11.9 Å². The molecule has 1 aliphatic heterocycles. The molecule has 0 saturated heterocycles. The van der Waals surface area contributed by atoms with Crippen molar-refractivity contribution < 1.29 is 19.1 Å². The molecule has 25 heavy (non-hydrogen) atoms. The van der Waals surface area contributed by atoms with Gasteiger partial charge in [-0.2, -0.15) is 0 Å². The highest BCUT2D eigenvalue weighted by molar-refractivity contribution is 6.29. The zero-order valence-corrected chi connectivity index (χ0v) is 14.0. The van der Waals surface area contributed by atoms with Gasteiger partial charge in [0.05, 0.1) is 23.2 Å². The number of esters is 1. The second-order valence-electron chi connectivity index (χ2n) is 5.54. The third kappa shape index (κ3) is 3.46. The van der Waals surface area contributed by atoms with Gasteiger partial charge >= 0.3 is 5.97 Å². The Morgan fingerprint density at radius 3 is 2.40 bits per heavy atom. The van der Waals surface area contributed by atoms with Crippen molar-refractivity contribution in [1.29, 1.82) is 0 Å². The molecule has 1 aliphatic rings. The number of rotatable bonds is 5. The largest absolute Gasteiger partial charge is 0.456 e. The fourth-order valence-electron chi connectivity index (χ4n) is 2.55. The van der Waals surface area contributed by atoms with Gasteiger partial charge in [-0.3, -0.25) is 14.5 Å².